The van der Waals surface area contributed by atoms with E-state index in [-0.39, 0.29) is 24.6 Å². The van der Waals surface area contributed by atoms with Gasteiger partial charge in [0, 0.05) is 30.4 Å². The van der Waals surface area contributed by atoms with Crippen molar-refractivity contribution in [3.63, 3.8) is 0 Å². The lowest BCUT2D eigenvalue weighted by Gasteiger charge is -2.30. The van der Waals surface area contributed by atoms with E-state index in [1.165, 1.54) is 37.9 Å². The van der Waals surface area contributed by atoms with Crippen molar-refractivity contribution >= 4 is 17.8 Å². The van der Waals surface area contributed by atoms with E-state index in [0.717, 1.165) is 6.54 Å². The molecule has 5 unspecified atom stereocenters. The predicted molar refractivity (Wildman–Crippen MR) is 77.2 cm³/mol. The van der Waals surface area contributed by atoms with Crippen molar-refractivity contribution in [3.8, 4) is 0 Å². The molecular weight excluding hydrogens is 260 g/mol. The van der Waals surface area contributed by atoms with Crippen LogP contribution in [0.3, 0.4) is 0 Å². The van der Waals surface area contributed by atoms with E-state index in [9.17, 15) is 9.90 Å². The maximum absolute atomic E-state index is 12.0. The number of aliphatic hydroxyl groups excluding tert-OH is 1. The van der Waals surface area contributed by atoms with Crippen molar-refractivity contribution in [2.45, 2.75) is 43.4 Å². The lowest BCUT2D eigenvalue weighted by molar-refractivity contribution is 0.144. The number of fused-ring (bicyclic) bond motifs is 2. The van der Waals surface area contributed by atoms with E-state index in [1.54, 1.807) is 0 Å². The number of hydrogen-bond donors (Lipinski definition) is 3. The molecule has 3 rings (SSSR count). The van der Waals surface area contributed by atoms with Crippen molar-refractivity contribution in [1.29, 1.82) is 0 Å². The molecule has 1 aliphatic heterocycles. The smallest absolute Gasteiger partial charge is 0.315 e. The van der Waals surface area contributed by atoms with Crippen LogP contribution in [-0.2, 0) is 0 Å². The molecule has 2 amide bonds. The van der Waals surface area contributed by atoms with Crippen molar-refractivity contribution in [2.24, 2.45) is 17.8 Å². The maximum Gasteiger partial charge on any atom is 0.315 e. The molecule has 0 aromatic rings. The number of thioether (sulfide) groups is 1. The molecule has 108 valence electrons. The molecule has 3 N–H and O–H groups in total. The van der Waals surface area contributed by atoms with Crippen LogP contribution in [0.25, 0.3) is 0 Å². The molecule has 2 saturated carbocycles. The number of carbonyl (C=O) groups is 1. The van der Waals surface area contributed by atoms with Gasteiger partial charge < -0.3 is 15.7 Å². The molecule has 1 saturated heterocycles. The van der Waals surface area contributed by atoms with Crippen LogP contribution in [0.1, 0.15) is 32.1 Å². The molecular formula is C14H24N2O2S. The first-order valence-electron chi connectivity index (χ1n) is 7.54. The van der Waals surface area contributed by atoms with E-state index in [0.29, 0.717) is 17.1 Å². The topological polar surface area (TPSA) is 61.4 Å². The van der Waals surface area contributed by atoms with Gasteiger partial charge in [-0.1, -0.05) is 0 Å². The number of urea groups is 1. The summed E-state index contributed by atoms with van der Waals surface area (Å²) < 4.78 is 0. The molecule has 5 atom stereocenters. The Labute approximate surface area is 119 Å². The fraction of sp³-hybridized carbons (Fsp3) is 0.929. The Bertz CT molecular complexity index is 333. The van der Waals surface area contributed by atoms with Crippen molar-refractivity contribution in [3.05, 3.63) is 0 Å². The molecule has 0 aromatic heterocycles. The summed E-state index contributed by atoms with van der Waals surface area (Å²) >= 11 is 1.96. The van der Waals surface area contributed by atoms with Gasteiger partial charge >= 0.3 is 6.03 Å². The second kappa shape index (κ2) is 5.92. The summed E-state index contributed by atoms with van der Waals surface area (Å²) in [6.45, 7) is 0.992. The normalized spacial score (nSPS) is 40.6. The molecule has 5 heteroatoms. The van der Waals surface area contributed by atoms with Crippen molar-refractivity contribution in [1.82, 2.24) is 10.6 Å². The summed E-state index contributed by atoms with van der Waals surface area (Å²) in [4.78, 5) is 12.0. The molecule has 19 heavy (non-hydrogen) atoms. The molecule has 1 heterocycles. The van der Waals surface area contributed by atoms with Crippen LogP contribution in [0.15, 0.2) is 0 Å². The van der Waals surface area contributed by atoms with Crippen LogP contribution in [-0.4, -0.2) is 41.3 Å². The highest BCUT2D eigenvalue weighted by atomic mass is 32.2. The molecule has 0 aromatic carbocycles. The van der Waals surface area contributed by atoms with Crippen molar-refractivity contribution < 1.29 is 9.90 Å². The number of hydrogen-bond acceptors (Lipinski definition) is 3. The third-order valence-corrected chi connectivity index (χ3v) is 6.51. The standard InChI is InChI=1S/C14H24N2O2S/c17-8-12-9-3-4-10(6-9)13(12)16-14(18)15-7-11-2-1-5-19-11/h9-13,17H,1-8H2,(H2,15,16,18). The monoisotopic (exact) mass is 284 g/mol. The zero-order chi connectivity index (χ0) is 13.2. The summed E-state index contributed by atoms with van der Waals surface area (Å²) in [5.74, 6) is 2.73. The van der Waals surface area contributed by atoms with Gasteiger partial charge in [0.15, 0.2) is 0 Å². The summed E-state index contributed by atoms with van der Waals surface area (Å²) in [6.07, 6.45) is 6.13. The van der Waals surface area contributed by atoms with E-state index < -0.39 is 0 Å². The molecule has 3 fully saturated rings. The van der Waals surface area contributed by atoms with E-state index >= 15 is 0 Å². The molecule has 2 bridgehead atoms. The van der Waals surface area contributed by atoms with Gasteiger partial charge in [-0.25, -0.2) is 4.79 Å². The Hall–Kier alpha value is -0.420. The van der Waals surface area contributed by atoms with Crippen LogP contribution in [0.5, 0.6) is 0 Å². The highest BCUT2D eigenvalue weighted by molar-refractivity contribution is 8.00. The number of rotatable bonds is 4. The minimum atomic E-state index is -0.0384. The van der Waals surface area contributed by atoms with Crippen LogP contribution in [0.2, 0.25) is 0 Å². The number of carbonyl (C=O) groups excluding carboxylic acids is 1. The quantitative estimate of drug-likeness (QED) is 0.734. The lowest BCUT2D eigenvalue weighted by atomic mass is 9.85. The predicted octanol–water partition coefficient (Wildman–Crippen LogP) is 1.59. The second-order valence-electron chi connectivity index (χ2n) is 6.19. The van der Waals surface area contributed by atoms with Crippen LogP contribution >= 0.6 is 11.8 Å². The molecule has 4 nitrogen and oxygen atoms in total. The number of nitrogens with one attached hydrogen (secondary N) is 2. The second-order valence-corrected chi connectivity index (χ2v) is 7.60. The third kappa shape index (κ3) is 2.87. The van der Waals surface area contributed by atoms with Gasteiger partial charge in [-0.3, -0.25) is 0 Å². The fourth-order valence-electron chi connectivity index (χ4n) is 4.11. The van der Waals surface area contributed by atoms with Gasteiger partial charge in [0.1, 0.15) is 0 Å². The Morgan fingerprint density at radius 3 is 2.84 bits per heavy atom. The zero-order valence-electron chi connectivity index (χ0n) is 11.3. The van der Waals surface area contributed by atoms with Gasteiger partial charge in [-0.05, 0) is 49.7 Å². The highest BCUT2D eigenvalue weighted by Gasteiger charge is 2.47. The SMILES string of the molecule is O=C(NCC1CCCS1)NC1C2CCC(C2)C1CO. The number of aliphatic hydroxyl groups is 1. The molecule has 0 radical (unpaired) electrons. The number of amides is 2. The largest absolute Gasteiger partial charge is 0.396 e. The van der Waals surface area contributed by atoms with Crippen molar-refractivity contribution in [2.75, 3.05) is 18.9 Å². The van der Waals surface area contributed by atoms with Gasteiger partial charge in [0.2, 0.25) is 0 Å². The Morgan fingerprint density at radius 1 is 1.26 bits per heavy atom. The average molecular weight is 284 g/mol. The van der Waals surface area contributed by atoms with Gasteiger partial charge in [0.05, 0.1) is 0 Å². The van der Waals surface area contributed by atoms with Gasteiger partial charge in [-0.2, -0.15) is 11.8 Å². The average Bonchev–Trinajstić information content (AvgIpc) is 3.13. The minimum absolute atomic E-state index is 0.0384. The fourth-order valence-corrected chi connectivity index (χ4v) is 5.31. The van der Waals surface area contributed by atoms with E-state index in [2.05, 4.69) is 10.6 Å². The Kier molecular flexibility index (Phi) is 4.22. The first kappa shape index (κ1) is 13.6. The highest BCUT2D eigenvalue weighted by Crippen LogP contribution is 2.48. The summed E-state index contributed by atoms with van der Waals surface area (Å²) in [6, 6.07) is 0.156. The molecule has 0 spiro atoms. The Balaban J connectivity index is 1.46. The van der Waals surface area contributed by atoms with Crippen LogP contribution in [0.4, 0.5) is 4.79 Å². The van der Waals surface area contributed by atoms with E-state index in [4.69, 9.17) is 0 Å². The van der Waals surface area contributed by atoms with Crippen LogP contribution < -0.4 is 10.6 Å². The maximum atomic E-state index is 12.0. The minimum Gasteiger partial charge on any atom is -0.396 e. The first-order chi connectivity index (χ1) is 9.28. The first-order valence-corrected chi connectivity index (χ1v) is 8.59. The zero-order valence-corrected chi connectivity index (χ0v) is 12.1. The van der Waals surface area contributed by atoms with Crippen LogP contribution in [0, 0.1) is 17.8 Å². The Morgan fingerprint density at radius 2 is 2.11 bits per heavy atom. The summed E-state index contributed by atoms with van der Waals surface area (Å²) in [5, 5.41) is 16.2. The lowest BCUT2D eigenvalue weighted by Crippen LogP contribution is -2.49. The molecule has 2 aliphatic carbocycles. The van der Waals surface area contributed by atoms with Gasteiger partial charge in [0.25, 0.3) is 0 Å². The summed E-state index contributed by atoms with van der Waals surface area (Å²) in [7, 11) is 0. The van der Waals surface area contributed by atoms with E-state index in [1.807, 2.05) is 11.8 Å². The molecule has 3 aliphatic rings. The third-order valence-electron chi connectivity index (χ3n) is 5.11. The van der Waals surface area contributed by atoms with Gasteiger partial charge in [-0.15, -0.1) is 0 Å². The summed E-state index contributed by atoms with van der Waals surface area (Å²) in [5.41, 5.74) is 0.